The van der Waals surface area contributed by atoms with Crippen LogP contribution in [0.4, 0.5) is 18.9 Å². The lowest BCUT2D eigenvalue weighted by Gasteiger charge is -2.09. The van der Waals surface area contributed by atoms with Crippen molar-refractivity contribution in [1.29, 1.82) is 0 Å². The second-order valence-electron chi connectivity index (χ2n) is 5.98. The molecule has 0 aliphatic carbocycles. The van der Waals surface area contributed by atoms with Crippen molar-refractivity contribution in [1.82, 2.24) is 0 Å². The summed E-state index contributed by atoms with van der Waals surface area (Å²) in [6.07, 6.45) is -4.47. The van der Waals surface area contributed by atoms with Crippen LogP contribution in [0.2, 0.25) is 0 Å². The van der Waals surface area contributed by atoms with Crippen LogP contribution in [0, 0.1) is 13.8 Å². The number of hydrogen-bond acceptors (Lipinski definition) is 2. The topological polar surface area (TPSA) is 42.2 Å². The average molecular weight is 359 g/mol. The number of amides is 1. The molecule has 0 fully saturated rings. The van der Waals surface area contributed by atoms with Gasteiger partial charge in [-0.05, 0) is 38.1 Å². The van der Waals surface area contributed by atoms with E-state index in [0.29, 0.717) is 11.5 Å². The number of anilines is 1. The Kier molecular flexibility index (Phi) is 4.59. The van der Waals surface area contributed by atoms with Crippen molar-refractivity contribution in [2.45, 2.75) is 20.0 Å². The normalized spacial score (nSPS) is 11.4. The Bertz CT molecular complexity index is 940. The minimum atomic E-state index is -4.47. The molecule has 3 aromatic rings. The molecule has 2 aromatic carbocycles. The van der Waals surface area contributed by atoms with E-state index in [4.69, 9.17) is 4.42 Å². The fourth-order valence-corrected chi connectivity index (χ4v) is 2.54. The highest BCUT2D eigenvalue weighted by Gasteiger charge is 2.30. The number of rotatable bonds is 3. The molecule has 0 unspecified atom stereocenters. The van der Waals surface area contributed by atoms with Gasteiger partial charge >= 0.3 is 6.18 Å². The van der Waals surface area contributed by atoms with Gasteiger partial charge in [0, 0.05) is 11.3 Å². The van der Waals surface area contributed by atoms with E-state index in [2.05, 4.69) is 5.32 Å². The third-order valence-corrected chi connectivity index (χ3v) is 3.95. The van der Waals surface area contributed by atoms with Gasteiger partial charge in [-0.15, -0.1) is 0 Å². The Morgan fingerprint density at radius 1 is 1.00 bits per heavy atom. The van der Waals surface area contributed by atoms with Crippen LogP contribution in [0.1, 0.15) is 27.2 Å². The lowest BCUT2D eigenvalue weighted by Crippen LogP contribution is -2.13. The van der Waals surface area contributed by atoms with Gasteiger partial charge in [-0.25, -0.2) is 0 Å². The molecule has 134 valence electrons. The maximum Gasteiger partial charge on any atom is 0.416 e. The van der Waals surface area contributed by atoms with Crippen LogP contribution >= 0.6 is 0 Å². The molecule has 1 aromatic heterocycles. The highest BCUT2D eigenvalue weighted by molar-refractivity contribution is 6.05. The predicted molar refractivity (Wildman–Crippen MR) is 93.0 cm³/mol. The predicted octanol–water partition coefficient (Wildman–Crippen LogP) is 5.83. The first-order chi connectivity index (χ1) is 12.2. The van der Waals surface area contributed by atoms with Gasteiger partial charge in [0.2, 0.25) is 0 Å². The van der Waals surface area contributed by atoms with Gasteiger partial charge in [-0.2, -0.15) is 13.2 Å². The molecule has 0 radical (unpaired) electrons. The molecular formula is C20H16F3NO2. The summed E-state index contributed by atoms with van der Waals surface area (Å²) < 4.78 is 44.0. The van der Waals surface area contributed by atoms with Crippen LogP contribution in [0.15, 0.2) is 59.0 Å². The number of furan rings is 1. The summed E-state index contributed by atoms with van der Waals surface area (Å²) in [7, 11) is 0. The summed E-state index contributed by atoms with van der Waals surface area (Å²) >= 11 is 0. The van der Waals surface area contributed by atoms with Gasteiger partial charge in [-0.1, -0.05) is 35.9 Å². The maximum atomic E-state index is 12.8. The van der Waals surface area contributed by atoms with Gasteiger partial charge in [0.05, 0.1) is 11.1 Å². The summed E-state index contributed by atoms with van der Waals surface area (Å²) in [4.78, 5) is 12.4. The van der Waals surface area contributed by atoms with E-state index >= 15 is 0 Å². The molecule has 26 heavy (non-hydrogen) atoms. The third kappa shape index (κ3) is 3.79. The average Bonchev–Trinajstić information content (AvgIpc) is 2.97. The number of nitrogens with one attached hydrogen (secondary N) is 1. The Hall–Kier alpha value is -3.02. The molecule has 0 aliphatic heterocycles. The summed E-state index contributed by atoms with van der Waals surface area (Å²) in [6, 6.07) is 13.7. The summed E-state index contributed by atoms with van der Waals surface area (Å²) in [5, 5.41) is 2.49. The fourth-order valence-electron chi connectivity index (χ4n) is 2.54. The van der Waals surface area contributed by atoms with Crippen LogP contribution in [-0.2, 0) is 6.18 Å². The molecule has 1 amide bonds. The molecule has 0 saturated heterocycles. The lowest BCUT2D eigenvalue weighted by atomic mass is 10.1. The first kappa shape index (κ1) is 17.8. The number of aryl methyl sites for hydroxylation is 2. The van der Waals surface area contributed by atoms with Gasteiger partial charge in [0.15, 0.2) is 0 Å². The van der Waals surface area contributed by atoms with Crippen molar-refractivity contribution in [2.75, 3.05) is 5.32 Å². The zero-order chi connectivity index (χ0) is 18.9. The molecule has 0 spiro atoms. The van der Waals surface area contributed by atoms with Crippen molar-refractivity contribution in [3.63, 3.8) is 0 Å². The largest absolute Gasteiger partial charge is 0.461 e. The monoisotopic (exact) mass is 359 g/mol. The molecule has 1 heterocycles. The summed E-state index contributed by atoms with van der Waals surface area (Å²) in [5.41, 5.74) is 1.44. The van der Waals surface area contributed by atoms with Crippen molar-refractivity contribution in [2.24, 2.45) is 0 Å². The Balaban J connectivity index is 1.84. The zero-order valence-electron chi connectivity index (χ0n) is 14.1. The molecule has 0 bridgehead atoms. The van der Waals surface area contributed by atoms with Crippen molar-refractivity contribution < 1.29 is 22.4 Å². The van der Waals surface area contributed by atoms with E-state index in [9.17, 15) is 18.0 Å². The van der Waals surface area contributed by atoms with Crippen molar-refractivity contribution in [3.05, 3.63) is 77.0 Å². The van der Waals surface area contributed by atoms with Crippen molar-refractivity contribution >= 4 is 11.6 Å². The number of halogens is 3. The molecule has 1 N–H and O–H groups in total. The second kappa shape index (κ2) is 6.71. The van der Waals surface area contributed by atoms with Crippen molar-refractivity contribution in [3.8, 4) is 11.3 Å². The first-order valence-corrected chi connectivity index (χ1v) is 7.90. The zero-order valence-corrected chi connectivity index (χ0v) is 14.1. The number of benzene rings is 2. The van der Waals surface area contributed by atoms with Gasteiger partial charge in [0.1, 0.15) is 11.5 Å². The highest BCUT2D eigenvalue weighted by Crippen LogP contribution is 2.31. The van der Waals surface area contributed by atoms with E-state index < -0.39 is 17.6 Å². The van der Waals surface area contributed by atoms with Gasteiger partial charge < -0.3 is 9.73 Å². The first-order valence-electron chi connectivity index (χ1n) is 7.90. The van der Waals surface area contributed by atoms with E-state index in [0.717, 1.165) is 23.3 Å². The fraction of sp³-hybridized carbons (Fsp3) is 0.150. The second-order valence-corrected chi connectivity index (χ2v) is 5.98. The quantitative estimate of drug-likeness (QED) is 0.639. The maximum absolute atomic E-state index is 12.8. The number of carbonyl (C=O) groups excluding carboxylic acids is 1. The number of alkyl halides is 3. The summed E-state index contributed by atoms with van der Waals surface area (Å²) in [5.74, 6) is 0.394. The summed E-state index contributed by atoms with van der Waals surface area (Å²) in [6.45, 7) is 3.60. The molecule has 0 atom stereocenters. The molecule has 3 rings (SSSR count). The van der Waals surface area contributed by atoms with Gasteiger partial charge in [0.25, 0.3) is 5.91 Å². The van der Waals surface area contributed by atoms with Crippen LogP contribution in [0.3, 0.4) is 0 Å². The highest BCUT2D eigenvalue weighted by atomic mass is 19.4. The Labute approximate surface area is 148 Å². The van der Waals surface area contributed by atoms with Crippen LogP contribution in [0.5, 0.6) is 0 Å². The van der Waals surface area contributed by atoms with Crippen LogP contribution in [0.25, 0.3) is 11.3 Å². The van der Waals surface area contributed by atoms with Crippen LogP contribution < -0.4 is 5.32 Å². The van der Waals surface area contributed by atoms with E-state index in [1.54, 1.807) is 13.0 Å². The minimum Gasteiger partial charge on any atom is -0.461 e. The number of carbonyl (C=O) groups is 1. The molecule has 0 aliphatic rings. The molecule has 6 heteroatoms. The van der Waals surface area contributed by atoms with Gasteiger partial charge in [-0.3, -0.25) is 4.79 Å². The molecule has 0 saturated carbocycles. The molecular weight excluding hydrogens is 343 g/mol. The SMILES string of the molecule is Cc1ccc(-c2cc(C(=O)Nc3cccc(C(F)(F)F)c3)c(C)o2)cc1. The smallest absolute Gasteiger partial charge is 0.416 e. The van der Waals surface area contributed by atoms with E-state index in [1.807, 2.05) is 31.2 Å². The minimum absolute atomic E-state index is 0.0716. The molecule has 3 nitrogen and oxygen atoms in total. The standard InChI is InChI=1S/C20H16F3NO2/c1-12-6-8-14(9-7-12)18-11-17(13(2)26-18)19(25)24-16-5-3-4-15(10-16)20(21,22)23/h3-11H,1-2H3,(H,24,25). The number of hydrogen-bond donors (Lipinski definition) is 1. The third-order valence-electron chi connectivity index (χ3n) is 3.95. The van der Waals surface area contributed by atoms with E-state index in [-0.39, 0.29) is 11.3 Å². The Morgan fingerprint density at radius 3 is 2.35 bits per heavy atom. The Morgan fingerprint density at radius 2 is 1.69 bits per heavy atom. The van der Waals surface area contributed by atoms with E-state index in [1.165, 1.54) is 12.1 Å². The lowest BCUT2D eigenvalue weighted by molar-refractivity contribution is -0.137. The van der Waals surface area contributed by atoms with Crippen LogP contribution in [-0.4, -0.2) is 5.91 Å².